The van der Waals surface area contributed by atoms with E-state index < -0.39 is 0 Å². The van der Waals surface area contributed by atoms with Crippen LogP contribution in [0, 0.1) is 0 Å². The molecule has 86 valence electrons. The molecule has 2 heteroatoms. The van der Waals surface area contributed by atoms with Crippen LogP contribution in [0.5, 0.6) is 0 Å². The number of benzene rings is 2. The molecule has 0 bridgehead atoms. The van der Waals surface area contributed by atoms with E-state index in [-0.39, 0.29) is 0 Å². The topological polar surface area (TPSA) is 15.6 Å². The maximum absolute atomic E-state index is 4.67. The minimum atomic E-state index is 0.969. The molecular formula is C15H16N2. The summed E-state index contributed by atoms with van der Waals surface area (Å²) in [6, 6.07) is 20.2. The third-order valence-electron chi connectivity index (χ3n) is 2.45. The van der Waals surface area contributed by atoms with E-state index >= 15 is 0 Å². The highest BCUT2D eigenvalue weighted by molar-refractivity contribution is 5.99. The number of hydrogen-bond acceptors (Lipinski definition) is 1. The van der Waals surface area contributed by atoms with Crippen LogP contribution in [0.3, 0.4) is 0 Å². The molecule has 0 unspecified atom stereocenters. The van der Waals surface area contributed by atoms with Crippen LogP contribution in [-0.2, 0) is 0 Å². The van der Waals surface area contributed by atoms with Crippen LogP contribution in [0.25, 0.3) is 0 Å². The zero-order chi connectivity index (χ0) is 12.1. The van der Waals surface area contributed by atoms with Gasteiger partial charge in [-0.15, -0.1) is 0 Å². The van der Waals surface area contributed by atoms with Gasteiger partial charge in [-0.25, -0.2) is 4.99 Å². The van der Waals surface area contributed by atoms with Crippen LogP contribution in [-0.4, -0.2) is 24.8 Å². The van der Waals surface area contributed by atoms with Crippen molar-refractivity contribution in [1.29, 1.82) is 0 Å². The Morgan fingerprint density at radius 3 is 1.88 bits per heavy atom. The standard InChI is InChI=1S/C15H16N2/c1-17(2)15(13-9-5-3-6-10-13)16-14-11-7-4-8-12-14/h3-12H,1-2H3/b16-15-. The fourth-order valence-corrected chi connectivity index (χ4v) is 1.63. The third kappa shape index (κ3) is 2.94. The molecule has 0 saturated carbocycles. The predicted molar refractivity (Wildman–Crippen MR) is 72.8 cm³/mol. The molecule has 0 amide bonds. The van der Waals surface area contributed by atoms with Crippen LogP contribution in [0.4, 0.5) is 5.69 Å². The molecular weight excluding hydrogens is 208 g/mol. The summed E-state index contributed by atoms with van der Waals surface area (Å²) in [4.78, 5) is 6.70. The molecule has 0 aliphatic heterocycles. The van der Waals surface area contributed by atoms with Crippen molar-refractivity contribution in [2.45, 2.75) is 0 Å². The molecule has 0 heterocycles. The molecule has 0 aromatic heterocycles. The maximum Gasteiger partial charge on any atom is 0.136 e. The minimum absolute atomic E-state index is 0.969. The molecule has 0 saturated heterocycles. The number of nitrogens with zero attached hydrogens (tertiary/aromatic N) is 2. The Balaban J connectivity index is 2.40. The molecule has 17 heavy (non-hydrogen) atoms. The first-order chi connectivity index (χ1) is 8.27. The van der Waals surface area contributed by atoms with Gasteiger partial charge in [-0.3, -0.25) is 0 Å². The van der Waals surface area contributed by atoms with Crippen LogP contribution >= 0.6 is 0 Å². The molecule has 0 aliphatic carbocycles. The van der Waals surface area contributed by atoms with Crippen molar-refractivity contribution in [3.63, 3.8) is 0 Å². The first-order valence-electron chi connectivity index (χ1n) is 5.64. The van der Waals surface area contributed by atoms with Gasteiger partial charge in [0.1, 0.15) is 5.84 Å². The van der Waals surface area contributed by atoms with Gasteiger partial charge in [0.05, 0.1) is 5.69 Å². The summed E-state index contributed by atoms with van der Waals surface area (Å²) in [6.45, 7) is 0. The molecule has 0 aliphatic rings. The van der Waals surface area contributed by atoms with Crippen molar-refractivity contribution in [3.05, 3.63) is 66.2 Å². The lowest BCUT2D eigenvalue weighted by atomic mass is 10.2. The van der Waals surface area contributed by atoms with Gasteiger partial charge in [0, 0.05) is 19.7 Å². The molecule has 0 N–H and O–H groups in total. The molecule has 0 atom stereocenters. The highest BCUT2D eigenvalue weighted by Gasteiger charge is 2.04. The van der Waals surface area contributed by atoms with Gasteiger partial charge in [-0.2, -0.15) is 0 Å². The number of aliphatic imine (C=N–C) groups is 1. The van der Waals surface area contributed by atoms with Crippen molar-refractivity contribution in [2.75, 3.05) is 14.1 Å². The van der Waals surface area contributed by atoms with Crippen LogP contribution in [0.1, 0.15) is 5.56 Å². The second kappa shape index (κ2) is 5.30. The fourth-order valence-electron chi connectivity index (χ4n) is 1.63. The van der Waals surface area contributed by atoms with Crippen molar-refractivity contribution in [1.82, 2.24) is 4.90 Å². The van der Waals surface area contributed by atoms with Gasteiger partial charge in [0.15, 0.2) is 0 Å². The van der Waals surface area contributed by atoms with E-state index in [0.717, 1.165) is 17.1 Å². The van der Waals surface area contributed by atoms with Gasteiger partial charge in [0.25, 0.3) is 0 Å². The average molecular weight is 224 g/mol. The van der Waals surface area contributed by atoms with E-state index in [4.69, 9.17) is 0 Å². The summed E-state index contributed by atoms with van der Waals surface area (Å²) in [5.41, 5.74) is 2.10. The van der Waals surface area contributed by atoms with Crippen molar-refractivity contribution in [3.8, 4) is 0 Å². The van der Waals surface area contributed by atoms with Gasteiger partial charge < -0.3 is 4.90 Å². The summed E-state index contributed by atoms with van der Waals surface area (Å²) in [7, 11) is 4.02. The smallest absolute Gasteiger partial charge is 0.136 e. The molecule has 0 fully saturated rings. The molecule has 2 aromatic rings. The molecule has 2 rings (SSSR count). The molecule has 2 aromatic carbocycles. The van der Waals surface area contributed by atoms with E-state index in [1.165, 1.54) is 0 Å². The van der Waals surface area contributed by atoms with Crippen molar-refractivity contribution >= 4 is 11.5 Å². The second-order valence-corrected chi connectivity index (χ2v) is 4.03. The molecule has 0 radical (unpaired) electrons. The van der Waals surface area contributed by atoms with Gasteiger partial charge >= 0.3 is 0 Å². The predicted octanol–water partition coefficient (Wildman–Crippen LogP) is 3.33. The summed E-state index contributed by atoms with van der Waals surface area (Å²) < 4.78 is 0. The maximum atomic E-state index is 4.67. The highest BCUT2D eigenvalue weighted by atomic mass is 15.1. The average Bonchev–Trinajstić information content (AvgIpc) is 2.38. The monoisotopic (exact) mass is 224 g/mol. The Kier molecular flexibility index (Phi) is 3.55. The third-order valence-corrected chi connectivity index (χ3v) is 2.45. The normalized spacial score (nSPS) is 11.3. The minimum Gasteiger partial charge on any atom is -0.362 e. The van der Waals surface area contributed by atoms with E-state index in [9.17, 15) is 0 Å². The Bertz CT molecular complexity index is 487. The van der Waals surface area contributed by atoms with Crippen molar-refractivity contribution in [2.24, 2.45) is 4.99 Å². The lowest BCUT2D eigenvalue weighted by Gasteiger charge is -2.16. The molecule has 2 nitrogen and oxygen atoms in total. The van der Waals surface area contributed by atoms with E-state index in [1.807, 2.05) is 67.5 Å². The van der Waals surface area contributed by atoms with E-state index in [1.54, 1.807) is 0 Å². The van der Waals surface area contributed by atoms with E-state index in [2.05, 4.69) is 17.1 Å². The number of para-hydroxylation sites is 1. The Hall–Kier alpha value is -2.09. The summed E-state index contributed by atoms with van der Waals surface area (Å²) in [5.74, 6) is 0.969. The quantitative estimate of drug-likeness (QED) is 0.564. The summed E-state index contributed by atoms with van der Waals surface area (Å²) in [6.07, 6.45) is 0. The fraction of sp³-hybridized carbons (Fsp3) is 0.133. The lowest BCUT2D eigenvalue weighted by Crippen LogP contribution is -2.22. The summed E-state index contributed by atoms with van der Waals surface area (Å²) >= 11 is 0. The van der Waals surface area contributed by atoms with Gasteiger partial charge in [0.2, 0.25) is 0 Å². The number of hydrogen-bond donors (Lipinski definition) is 0. The Labute approximate surface area is 102 Å². The SMILES string of the molecule is CN(C)/C(=N\c1ccccc1)c1ccccc1. The molecule has 0 spiro atoms. The first-order valence-corrected chi connectivity index (χ1v) is 5.64. The van der Waals surface area contributed by atoms with Crippen LogP contribution in [0.2, 0.25) is 0 Å². The zero-order valence-electron chi connectivity index (χ0n) is 10.2. The van der Waals surface area contributed by atoms with Gasteiger partial charge in [-0.1, -0.05) is 48.5 Å². The van der Waals surface area contributed by atoms with Crippen LogP contribution in [0.15, 0.2) is 65.7 Å². The van der Waals surface area contributed by atoms with Crippen molar-refractivity contribution < 1.29 is 0 Å². The Morgan fingerprint density at radius 2 is 1.35 bits per heavy atom. The summed E-state index contributed by atoms with van der Waals surface area (Å²) in [5, 5.41) is 0. The van der Waals surface area contributed by atoms with E-state index in [0.29, 0.717) is 0 Å². The Morgan fingerprint density at radius 1 is 0.824 bits per heavy atom. The number of amidine groups is 1. The van der Waals surface area contributed by atoms with Gasteiger partial charge in [-0.05, 0) is 12.1 Å². The number of rotatable bonds is 2. The lowest BCUT2D eigenvalue weighted by molar-refractivity contribution is 0.624. The highest BCUT2D eigenvalue weighted by Crippen LogP contribution is 2.14. The zero-order valence-corrected chi connectivity index (χ0v) is 10.2. The van der Waals surface area contributed by atoms with Crippen LogP contribution < -0.4 is 0 Å². The second-order valence-electron chi connectivity index (χ2n) is 4.03. The first kappa shape index (κ1) is 11.4. The largest absolute Gasteiger partial charge is 0.362 e.